The minimum Gasteiger partial charge on any atom is -0.511 e. The number of Topliss-reactive ketones (excluding diaryl/α,β-unsaturated/α-hetero) is 2. The van der Waals surface area contributed by atoms with Crippen molar-refractivity contribution in [2.45, 2.75) is 145 Å². The van der Waals surface area contributed by atoms with Crippen molar-refractivity contribution in [3.05, 3.63) is 23.5 Å². The van der Waals surface area contributed by atoms with Gasteiger partial charge in [-0.2, -0.15) is 0 Å². The summed E-state index contributed by atoms with van der Waals surface area (Å²) < 4.78 is 13.3. The van der Waals surface area contributed by atoms with Crippen molar-refractivity contribution in [2.75, 3.05) is 31.4 Å². The maximum Gasteiger partial charge on any atom is 0.187 e. The van der Waals surface area contributed by atoms with Crippen LogP contribution >= 0.6 is 21.6 Å². The summed E-state index contributed by atoms with van der Waals surface area (Å²) in [5, 5.41) is 78.7. The SMILES string of the molecule is O=C1C2CCCC3O[C@@H]4O[C@]5(CO)CC[C@@H]([C@@]67CCC[C@H]6CCC6CNC(CC67)NCSSC[C@@]6(C(=O)C32)C(O)=CC(CC2CCCC(CO)C2)=C[C@@H]16)[C@](O)([C@@H]5O)[C@H]4O. The van der Waals surface area contributed by atoms with Crippen molar-refractivity contribution >= 4 is 33.2 Å². The smallest absolute Gasteiger partial charge is 0.187 e. The fourth-order valence-electron chi connectivity index (χ4n) is 15.5. The summed E-state index contributed by atoms with van der Waals surface area (Å²) in [7, 11) is 3.11. The predicted octanol–water partition coefficient (Wildman–Crippen LogP) is 4.14. The summed E-state index contributed by atoms with van der Waals surface area (Å²) in [5.41, 5.74) is -4.57. The Morgan fingerprint density at radius 3 is 2.56 bits per heavy atom. The van der Waals surface area contributed by atoms with Crippen LogP contribution in [0.25, 0.3) is 0 Å². The van der Waals surface area contributed by atoms with Gasteiger partial charge in [0.2, 0.25) is 0 Å². The molecule has 328 valence electrons. The van der Waals surface area contributed by atoms with Crippen molar-refractivity contribution in [3.63, 3.8) is 0 Å². The van der Waals surface area contributed by atoms with Crippen LogP contribution in [0.2, 0.25) is 0 Å². The fraction of sp³-hybridized carbons (Fsp3) is 0.867. The van der Waals surface area contributed by atoms with Crippen molar-refractivity contribution in [1.29, 1.82) is 0 Å². The molecule has 7 bridgehead atoms. The third kappa shape index (κ3) is 6.32. The molecule has 12 nitrogen and oxygen atoms in total. The van der Waals surface area contributed by atoms with Gasteiger partial charge in [0.1, 0.15) is 40.4 Å². The molecule has 0 radical (unpaired) electrons. The Bertz CT molecular complexity index is 1720. The predicted molar refractivity (Wildman–Crippen MR) is 222 cm³/mol. The zero-order valence-electron chi connectivity index (χ0n) is 34.2. The minimum atomic E-state index is -2.05. The van der Waals surface area contributed by atoms with Gasteiger partial charge >= 0.3 is 0 Å². The van der Waals surface area contributed by atoms with E-state index in [0.29, 0.717) is 55.7 Å². The number of allylic oxidation sites excluding steroid dienone is 4. The van der Waals surface area contributed by atoms with E-state index in [1.54, 1.807) is 16.9 Å². The van der Waals surface area contributed by atoms with E-state index in [1.165, 1.54) is 10.8 Å². The Labute approximate surface area is 355 Å². The Kier molecular flexibility index (Phi) is 11.3. The quantitative estimate of drug-likeness (QED) is 0.188. The number of aliphatic hydroxyl groups is 6. The average Bonchev–Trinajstić information content (AvgIpc) is 3.69. The van der Waals surface area contributed by atoms with E-state index < -0.39 is 71.5 Å². The highest BCUT2D eigenvalue weighted by atomic mass is 33.1. The van der Waals surface area contributed by atoms with E-state index in [1.807, 2.05) is 6.08 Å². The highest BCUT2D eigenvalue weighted by molar-refractivity contribution is 8.76. The molecular weight excluding hydrogens is 793 g/mol. The zero-order chi connectivity index (χ0) is 40.9. The first kappa shape index (κ1) is 41.9. The molecular formula is C45H66N2O10S2. The number of fused-ring (bicyclic) bond motifs is 3. The largest absolute Gasteiger partial charge is 0.511 e. The van der Waals surface area contributed by atoms with E-state index >= 15 is 4.79 Å². The molecule has 0 amide bonds. The van der Waals surface area contributed by atoms with Gasteiger partial charge < -0.3 is 45.4 Å². The van der Waals surface area contributed by atoms with Crippen molar-refractivity contribution in [3.8, 4) is 0 Å². The Morgan fingerprint density at radius 1 is 0.898 bits per heavy atom. The summed E-state index contributed by atoms with van der Waals surface area (Å²) in [6.07, 6.45) is 11.1. The maximum absolute atomic E-state index is 15.5. The lowest BCUT2D eigenvalue weighted by Gasteiger charge is -2.67. The van der Waals surface area contributed by atoms with Crippen LogP contribution in [-0.2, 0) is 19.1 Å². The van der Waals surface area contributed by atoms with Gasteiger partial charge in [-0.3, -0.25) is 14.9 Å². The molecule has 0 aromatic carbocycles. The number of nitrogens with one attached hydrogen (secondary N) is 2. The first-order chi connectivity index (χ1) is 28.5. The van der Waals surface area contributed by atoms with E-state index in [2.05, 4.69) is 10.6 Å². The highest BCUT2D eigenvalue weighted by Crippen LogP contribution is 2.68. The van der Waals surface area contributed by atoms with Crippen LogP contribution < -0.4 is 10.6 Å². The second-order valence-electron chi connectivity index (χ2n) is 20.6. The first-order valence-electron chi connectivity index (χ1n) is 23.0. The molecule has 8 N–H and O–H groups in total. The lowest BCUT2D eigenvalue weighted by Crippen LogP contribution is -2.80. The molecule has 0 aromatic heterocycles. The van der Waals surface area contributed by atoms with Gasteiger partial charge in [0.15, 0.2) is 12.1 Å². The molecule has 2 spiro atoms. The Balaban J connectivity index is 1.03. The van der Waals surface area contributed by atoms with Crippen molar-refractivity contribution in [1.82, 2.24) is 10.6 Å². The standard InChI is InChI=1S/C45H66N2O10S2/c48-20-25-5-1-4-24(14-25)15-26-16-31-37(51)29-7-2-8-32-36(29)38(52)44(31,34(50)17-26)22-58-59-23-47-35-18-30-27(19-46-35)9-10-28-6-3-12-43(28,30)33-11-13-42(21-49)41(54)45(33,55)39(53)40(56-32)57-42/h16-17,24-25,27-33,35-36,39-41,46-50,53-55H,1-15,18-23H2/t24?,25?,27?,28-,29?,30?,31-,32?,33-,35?,36?,39-,40+,41+,42-,43-,44-,45+/m0/s1. The molecule has 18 atom stereocenters. The lowest BCUT2D eigenvalue weighted by molar-refractivity contribution is -0.408. The van der Waals surface area contributed by atoms with Crippen LogP contribution in [0.4, 0.5) is 0 Å². The Hall–Kier alpha value is -1.04. The van der Waals surface area contributed by atoms with E-state index in [4.69, 9.17) is 9.47 Å². The summed E-state index contributed by atoms with van der Waals surface area (Å²) in [6.45, 7) is 0.423. The second kappa shape index (κ2) is 15.9. The molecule has 14 heteroatoms. The highest BCUT2D eigenvalue weighted by Gasteiger charge is 2.74. The van der Waals surface area contributed by atoms with Gasteiger partial charge in [-0.25, -0.2) is 0 Å². The molecule has 10 aliphatic rings. The summed E-state index contributed by atoms with van der Waals surface area (Å²) in [5.74, 6) is -0.903. The van der Waals surface area contributed by atoms with Crippen molar-refractivity contribution < 1.29 is 49.7 Å². The van der Waals surface area contributed by atoms with E-state index in [-0.39, 0.29) is 59.5 Å². The van der Waals surface area contributed by atoms with Crippen molar-refractivity contribution in [2.24, 2.45) is 64.1 Å². The summed E-state index contributed by atoms with van der Waals surface area (Å²) in [6, 6.07) is 0. The lowest BCUT2D eigenvalue weighted by atomic mass is 9.44. The first-order valence-corrected chi connectivity index (χ1v) is 25.5. The molecule has 6 saturated carbocycles. The number of piperidine rings is 1. The van der Waals surface area contributed by atoms with Crippen LogP contribution in [0.5, 0.6) is 0 Å². The molecule has 10 rings (SSSR count). The molecule has 9 fully saturated rings. The van der Waals surface area contributed by atoms with Gasteiger partial charge in [-0.1, -0.05) is 53.3 Å². The molecule has 3 saturated heterocycles. The maximum atomic E-state index is 15.5. The van der Waals surface area contributed by atoms with Crippen LogP contribution in [0.15, 0.2) is 23.5 Å². The number of aliphatic hydroxyl groups excluding tert-OH is 5. The van der Waals surface area contributed by atoms with Crippen LogP contribution in [-0.4, -0.2) is 116 Å². The minimum absolute atomic E-state index is 0.00101. The van der Waals surface area contributed by atoms with Crippen LogP contribution in [0.1, 0.15) is 103 Å². The summed E-state index contributed by atoms with van der Waals surface area (Å²) in [4.78, 5) is 30.4. The average molecular weight is 859 g/mol. The number of carbonyl (C=O) groups excluding carboxylic acids is 2. The van der Waals surface area contributed by atoms with Gasteiger partial charge in [0.25, 0.3) is 0 Å². The molecule has 7 aliphatic carbocycles. The number of ketones is 2. The third-order valence-electron chi connectivity index (χ3n) is 18.2. The number of rotatable bonds is 4. The summed E-state index contributed by atoms with van der Waals surface area (Å²) >= 11 is 0. The zero-order valence-corrected chi connectivity index (χ0v) is 35.9. The number of ether oxygens (including phenoxy) is 2. The number of carbonyl (C=O) groups is 2. The second-order valence-corrected chi connectivity index (χ2v) is 23.1. The fourth-order valence-corrected chi connectivity index (χ4v) is 17.9. The van der Waals surface area contributed by atoms with E-state index in [9.17, 15) is 35.4 Å². The van der Waals surface area contributed by atoms with Crippen LogP contribution in [0.3, 0.4) is 0 Å². The van der Waals surface area contributed by atoms with Crippen LogP contribution in [0, 0.1) is 64.1 Å². The third-order valence-corrected chi connectivity index (χ3v) is 20.4. The van der Waals surface area contributed by atoms with E-state index in [0.717, 1.165) is 76.3 Å². The normalized spacial score (nSPS) is 52.4. The van der Waals surface area contributed by atoms with Gasteiger partial charge in [-0.15, -0.1) is 0 Å². The molecule has 8 unspecified atom stereocenters. The molecule has 3 aliphatic heterocycles. The number of hydrogen-bond donors (Lipinski definition) is 8. The topological polar surface area (TPSA) is 198 Å². The number of hydrogen-bond acceptors (Lipinski definition) is 14. The van der Waals surface area contributed by atoms with Gasteiger partial charge in [0.05, 0.1) is 36.6 Å². The monoisotopic (exact) mass is 858 g/mol. The molecule has 3 heterocycles. The Morgan fingerprint density at radius 2 is 1.73 bits per heavy atom. The molecule has 59 heavy (non-hydrogen) atoms. The van der Waals surface area contributed by atoms with Gasteiger partial charge in [0, 0.05) is 18.3 Å². The van der Waals surface area contributed by atoms with Gasteiger partial charge in [-0.05, 0) is 136 Å². The molecule has 0 aromatic rings.